The summed E-state index contributed by atoms with van der Waals surface area (Å²) in [6, 6.07) is 9.24. The number of aliphatic carboxylic acids is 1. The fraction of sp³-hybridized carbons (Fsp3) is 0.529. The van der Waals surface area contributed by atoms with Crippen LogP contribution in [0, 0.1) is 0 Å². The monoisotopic (exact) mass is 305 g/mol. The lowest BCUT2D eigenvalue weighted by Gasteiger charge is -2.38. The number of hydrogen-bond acceptors (Lipinski definition) is 3. The van der Waals surface area contributed by atoms with Crippen LogP contribution in [-0.2, 0) is 14.3 Å². The first-order valence-electron chi connectivity index (χ1n) is 7.68. The van der Waals surface area contributed by atoms with Gasteiger partial charge in [0.1, 0.15) is 0 Å². The van der Waals surface area contributed by atoms with Crippen LogP contribution < -0.4 is 5.32 Å². The van der Waals surface area contributed by atoms with Gasteiger partial charge in [0.15, 0.2) is 6.10 Å². The summed E-state index contributed by atoms with van der Waals surface area (Å²) >= 11 is 0. The minimum atomic E-state index is -0.879. The highest BCUT2D eigenvalue weighted by Crippen LogP contribution is 2.32. The van der Waals surface area contributed by atoms with E-state index in [-0.39, 0.29) is 12.3 Å². The van der Waals surface area contributed by atoms with E-state index >= 15 is 0 Å². The summed E-state index contributed by atoms with van der Waals surface area (Å²) in [6.07, 6.45) is 3.63. The van der Waals surface area contributed by atoms with Crippen LogP contribution in [0.2, 0.25) is 0 Å². The first-order valence-corrected chi connectivity index (χ1v) is 7.68. The molecule has 0 unspecified atom stereocenters. The SMILES string of the molecule is CO[C@@H](C(=O)NC1(CC(=O)O)CCCCC1)c1ccccc1. The zero-order valence-corrected chi connectivity index (χ0v) is 12.9. The standard InChI is InChI=1S/C17H23NO4/c1-22-15(13-8-4-2-5-9-13)16(21)18-17(12-14(19)20)10-6-3-7-11-17/h2,4-5,8-9,15H,3,6-7,10-12H2,1H3,(H,18,21)(H,19,20)/t15-/m1/s1. The molecule has 1 aromatic rings. The number of amides is 1. The van der Waals surface area contributed by atoms with E-state index in [1.54, 1.807) is 0 Å². The van der Waals surface area contributed by atoms with Gasteiger partial charge in [-0.05, 0) is 18.4 Å². The molecule has 1 fully saturated rings. The molecule has 0 bridgehead atoms. The van der Waals surface area contributed by atoms with Crippen LogP contribution in [0.1, 0.15) is 50.2 Å². The second-order valence-electron chi connectivity index (χ2n) is 5.93. The van der Waals surface area contributed by atoms with Crippen LogP contribution in [-0.4, -0.2) is 29.6 Å². The molecule has 0 aliphatic heterocycles. The van der Waals surface area contributed by atoms with Crippen molar-refractivity contribution < 1.29 is 19.4 Å². The van der Waals surface area contributed by atoms with Crippen molar-refractivity contribution in [3.63, 3.8) is 0 Å². The maximum absolute atomic E-state index is 12.6. The lowest BCUT2D eigenvalue weighted by atomic mass is 9.79. The minimum absolute atomic E-state index is 0.0377. The Hall–Kier alpha value is -1.88. The smallest absolute Gasteiger partial charge is 0.305 e. The molecule has 2 N–H and O–H groups in total. The lowest BCUT2D eigenvalue weighted by Crippen LogP contribution is -2.52. The van der Waals surface area contributed by atoms with Crippen molar-refractivity contribution in [2.75, 3.05) is 7.11 Å². The van der Waals surface area contributed by atoms with Gasteiger partial charge in [-0.2, -0.15) is 0 Å². The number of rotatable bonds is 6. The molecule has 5 nitrogen and oxygen atoms in total. The summed E-state index contributed by atoms with van der Waals surface area (Å²) < 4.78 is 5.33. The Kier molecular flexibility index (Phi) is 5.55. The van der Waals surface area contributed by atoms with Gasteiger partial charge in [-0.15, -0.1) is 0 Å². The molecule has 0 heterocycles. The second kappa shape index (κ2) is 7.40. The van der Waals surface area contributed by atoms with E-state index in [2.05, 4.69) is 5.32 Å². The molecule has 1 amide bonds. The Bertz CT molecular complexity index is 509. The molecule has 0 aromatic heterocycles. The molecule has 0 spiro atoms. The van der Waals surface area contributed by atoms with Gasteiger partial charge in [0.05, 0.1) is 12.0 Å². The number of methoxy groups -OCH3 is 1. The quantitative estimate of drug-likeness (QED) is 0.847. The third-order valence-corrected chi connectivity index (χ3v) is 4.26. The molecule has 0 radical (unpaired) electrons. The minimum Gasteiger partial charge on any atom is -0.481 e. The van der Waals surface area contributed by atoms with Gasteiger partial charge in [-0.25, -0.2) is 0 Å². The average molecular weight is 305 g/mol. The first kappa shape index (κ1) is 16.5. The topological polar surface area (TPSA) is 75.6 Å². The number of hydrogen-bond donors (Lipinski definition) is 2. The van der Waals surface area contributed by atoms with Crippen molar-refractivity contribution in [1.82, 2.24) is 5.32 Å². The summed E-state index contributed by atoms with van der Waals surface area (Å²) in [5.41, 5.74) is 0.121. The van der Waals surface area contributed by atoms with Gasteiger partial charge < -0.3 is 15.2 Å². The molecular weight excluding hydrogens is 282 g/mol. The van der Waals surface area contributed by atoms with E-state index in [1.165, 1.54) is 7.11 Å². The number of carbonyl (C=O) groups excluding carboxylic acids is 1. The largest absolute Gasteiger partial charge is 0.481 e. The van der Waals surface area contributed by atoms with Crippen LogP contribution in [0.3, 0.4) is 0 Å². The predicted molar refractivity (Wildman–Crippen MR) is 82.4 cm³/mol. The number of benzene rings is 1. The summed E-state index contributed by atoms with van der Waals surface area (Å²) in [4.78, 5) is 23.8. The molecule has 1 atom stereocenters. The molecule has 5 heteroatoms. The number of carboxylic acids is 1. The van der Waals surface area contributed by atoms with E-state index in [1.807, 2.05) is 30.3 Å². The predicted octanol–water partition coefficient (Wildman–Crippen LogP) is 2.67. The second-order valence-corrected chi connectivity index (χ2v) is 5.93. The molecule has 1 aromatic carbocycles. The Morgan fingerprint density at radius 3 is 2.41 bits per heavy atom. The molecule has 1 aliphatic carbocycles. The zero-order valence-electron chi connectivity index (χ0n) is 12.9. The highest BCUT2D eigenvalue weighted by atomic mass is 16.5. The Balaban J connectivity index is 2.14. The van der Waals surface area contributed by atoms with Crippen LogP contribution >= 0.6 is 0 Å². The molecule has 1 aliphatic rings. The van der Waals surface area contributed by atoms with E-state index in [4.69, 9.17) is 4.74 Å². The number of nitrogens with one attached hydrogen (secondary N) is 1. The zero-order chi connectivity index (χ0) is 16.0. The molecule has 1 saturated carbocycles. The van der Waals surface area contributed by atoms with Crippen LogP contribution in [0.15, 0.2) is 30.3 Å². The number of carbonyl (C=O) groups is 2. The van der Waals surface area contributed by atoms with Crippen molar-refractivity contribution in [3.05, 3.63) is 35.9 Å². The fourth-order valence-electron chi connectivity index (χ4n) is 3.21. The maximum Gasteiger partial charge on any atom is 0.305 e. The maximum atomic E-state index is 12.6. The van der Waals surface area contributed by atoms with Gasteiger partial charge in [0.25, 0.3) is 5.91 Å². The van der Waals surface area contributed by atoms with Crippen molar-refractivity contribution in [2.24, 2.45) is 0 Å². The van der Waals surface area contributed by atoms with Crippen LogP contribution in [0.4, 0.5) is 0 Å². The van der Waals surface area contributed by atoms with E-state index in [0.717, 1.165) is 24.8 Å². The summed E-state index contributed by atoms with van der Waals surface area (Å²) in [6.45, 7) is 0. The van der Waals surface area contributed by atoms with E-state index in [0.29, 0.717) is 12.8 Å². The van der Waals surface area contributed by atoms with Gasteiger partial charge in [-0.1, -0.05) is 49.6 Å². The lowest BCUT2D eigenvalue weighted by molar-refractivity contribution is -0.141. The fourth-order valence-corrected chi connectivity index (χ4v) is 3.21. The third-order valence-electron chi connectivity index (χ3n) is 4.26. The normalized spacial score (nSPS) is 18.4. The molecule has 2 rings (SSSR count). The van der Waals surface area contributed by atoms with Gasteiger partial charge >= 0.3 is 5.97 Å². The molecule has 120 valence electrons. The van der Waals surface area contributed by atoms with Crippen molar-refractivity contribution in [2.45, 2.75) is 50.2 Å². The van der Waals surface area contributed by atoms with Crippen LogP contribution in [0.5, 0.6) is 0 Å². The van der Waals surface area contributed by atoms with Crippen molar-refractivity contribution in [1.29, 1.82) is 0 Å². The third kappa shape index (κ3) is 4.07. The molecular formula is C17H23NO4. The van der Waals surface area contributed by atoms with Crippen LogP contribution in [0.25, 0.3) is 0 Å². The van der Waals surface area contributed by atoms with Gasteiger partial charge in [0, 0.05) is 7.11 Å². The summed E-state index contributed by atoms with van der Waals surface area (Å²) in [7, 11) is 1.49. The Labute approximate surface area is 130 Å². The average Bonchev–Trinajstić information content (AvgIpc) is 2.49. The highest BCUT2D eigenvalue weighted by molar-refractivity contribution is 5.83. The highest BCUT2D eigenvalue weighted by Gasteiger charge is 2.37. The first-order chi connectivity index (χ1) is 10.6. The Morgan fingerprint density at radius 2 is 1.86 bits per heavy atom. The van der Waals surface area contributed by atoms with Crippen molar-refractivity contribution in [3.8, 4) is 0 Å². The Morgan fingerprint density at radius 1 is 1.23 bits per heavy atom. The van der Waals surface area contributed by atoms with Gasteiger partial charge in [0.2, 0.25) is 0 Å². The van der Waals surface area contributed by atoms with E-state index < -0.39 is 17.6 Å². The number of ether oxygens (including phenoxy) is 1. The van der Waals surface area contributed by atoms with E-state index in [9.17, 15) is 14.7 Å². The molecule has 0 saturated heterocycles. The van der Waals surface area contributed by atoms with Gasteiger partial charge in [-0.3, -0.25) is 9.59 Å². The summed E-state index contributed by atoms with van der Waals surface area (Å²) in [5, 5.41) is 12.1. The molecule has 22 heavy (non-hydrogen) atoms. The number of carboxylic acid groups (broad SMARTS) is 1. The van der Waals surface area contributed by atoms with Crippen molar-refractivity contribution >= 4 is 11.9 Å². The summed E-state index contributed by atoms with van der Waals surface area (Å²) in [5.74, 6) is -1.15.